The fraction of sp³-hybridized carbons (Fsp3) is 0.222. The van der Waals surface area contributed by atoms with Crippen LogP contribution in [0.4, 0.5) is 5.69 Å². The van der Waals surface area contributed by atoms with Gasteiger partial charge in [-0.2, -0.15) is 0 Å². The van der Waals surface area contributed by atoms with Gasteiger partial charge in [-0.3, -0.25) is 14.5 Å². The van der Waals surface area contributed by atoms with Gasteiger partial charge in [0.25, 0.3) is 5.91 Å². The number of nitrogens with zero attached hydrogens (tertiary/aromatic N) is 1. The zero-order chi connectivity index (χ0) is 16.4. The molecular formula is C18H18N2O3. The van der Waals surface area contributed by atoms with Crippen LogP contribution < -0.4 is 15.4 Å². The van der Waals surface area contributed by atoms with E-state index in [9.17, 15) is 9.59 Å². The molecule has 5 nitrogen and oxygen atoms in total. The minimum atomic E-state index is -0.672. The smallest absolute Gasteiger partial charge is 0.262 e. The Hall–Kier alpha value is -2.82. The van der Waals surface area contributed by atoms with Crippen LogP contribution in [0, 0.1) is 0 Å². The molecule has 0 aromatic heterocycles. The van der Waals surface area contributed by atoms with Gasteiger partial charge in [-0.1, -0.05) is 30.3 Å². The van der Waals surface area contributed by atoms with E-state index in [1.807, 2.05) is 37.3 Å². The highest BCUT2D eigenvalue weighted by Crippen LogP contribution is 2.34. The van der Waals surface area contributed by atoms with Crippen molar-refractivity contribution in [3.05, 3.63) is 59.7 Å². The molecule has 2 aromatic rings. The van der Waals surface area contributed by atoms with Crippen molar-refractivity contribution in [3.8, 4) is 5.75 Å². The molecule has 0 saturated carbocycles. The van der Waals surface area contributed by atoms with Crippen LogP contribution in [0.25, 0.3) is 0 Å². The molecular weight excluding hydrogens is 292 g/mol. The molecule has 118 valence electrons. The van der Waals surface area contributed by atoms with Crippen LogP contribution in [0.2, 0.25) is 0 Å². The van der Waals surface area contributed by atoms with Crippen LogP contribution in [-0.4, -0.2) is 24.5 Å². The van der Waals surface area contributed by atoms with E-state index < -0.39 is 11.9 Å². The second kappa shape index (κ2) is 6.12. The second-order valence-electron chi connectivity index (χ2n) is 5.36. The molecule has 0 saturated heterocycles. The van der Waals surface area contributed by atoms with Crippen LogP contribution in [0.1, 0.15) is 22.8 Å². The molecule has 0 fully saturated rings. The Labute approximate surface area is 134 Å². The summed E-state index contributed by atoms with van der Waals surface area (Å²) in [4.78, 5) is 26.4. The number of amides is 2. The first-order valence-corrected chi connectivity index (χ1v) is 7.56. The number of primary amides is 1. The number of fused-ring (bicyclic) bond motifs is 1. The molecule has 5 heteroatoms. The number of para-hydroxylation sites is 2. The van der Waals surface area contributed by atoms with Crippen molar-refractivity contribution in [1.82, 2.24) is 0 Å². The lowest BCUT2D eigenvalue weighted by Gasteiger charge is -2.24. The summed E-state index contributed by atoms with van der Waals surface area (Å²) in [5.74, 6) is -0.279. The Balaban J connectivity index is 2.05. The summed E-state index contributed by atoms with van der Waals surface area (Å²) >= 11 is 0. The van der Waals surface area contributed by atoms with Crippen molar-refractivity contribution in [1.29, 1.82) is 0 Å². The first kappa shape index (κ1) is 15.1. The highest BCUT2D eigenvalue weighted by molar-refractivity contribution is 6.12. The van der Waals surface area contributed by atoms with Crippen LogP contribution >= 0.6 is 0 Å². The molecule has 0 bridgehead atoms. The number of nitrogens with two attached hydrogens (primary N) is 1. The summed E-state index contributed by atoms with van der Waals surface area (Å²) in [6.45, 7) is 2.32. The largest absolute Gasteiger partial charge is 0.493 e. The molecule has 0 radical (unpaired) electrons. The van der Waals surface area contributed by atoms with Crippen molar-refractivity contribution >= 4 is 17.5 Å². The third-order valence-corrected chi connectivity index (χ3v) is 3.94. The van der Waals surface area contributed by atoms with Crippen molar-refractivity contribution in [2.45, 2.75) is 19.4 Å². The molecule has 2 N–H and O–H groups in total. The fourth-order valence-electron chi connectivity index (χ4n) is 2.92. The summed E-state index contributed by atoms with van der Waals surface area (Å²) in [6.07, 6.45) is 0.439. The Kier molecular flexibility index (Phi) is 4.02. The highest BCUT2D eigenvalue weighted by atomic mass is 16.5. The third kappa shape index (κ3) is 2.65. The molecule has 1 aliphatic rings. The Morgan fingerprint density at radius 2 is 1.87 bits per heavy atom. The maximum Gasteiger partial charge on any atom is 0.262 e. The number of hydrogen-bond acceptors (Lipinski definition) is 3. The van der Waals surface area contributed by atoms with Gasteiger partial charge in [0.15, 0.2) is 0 Å². The van der Waals surface area contributed by atoms with Gasteiger partial charge in [-0.25, -0.2) is 0 Å². The minimum absolute atomic E-state index is 0.275. The summed E-state index contributed by atoms with van der Waals surface area (Å²) in [5.41, 5.74) is 7.62. The average Bonchev–Trinajstić information content (AvgIpc) is 2.95. The number of carbonyl (C=O) groups is 2. The van der Waals surface area contributed by atoms with Gasteiger partial charge < -0.3 is 10.5 Å². The van der Waals surface area contributed by atoms with Gasteiger partial charge in [0, 0.05) is 12.1 Å². The molecule has 1 atom stereocenters. The van der Waals surface area contributed by atoms with E-state index in [0.29, 0.717) is 24.3 Å². The summed E-state index contributed by atoms with van der Waals surface area (Å²) in [5, 5.41) is 0. The van der Waals surface area contributed by atoms with Crippen molar-refractivity contribution in [2.24, 2.45) is 5.73 Å². The van der Waals surface area contributed by atoms with Crippen LogP contribution in [0.15, 0.2) is 48.5 Å². The summed E-state index contributed by atoms with van der Waals surface area (Å²) < 4.78 is 5.54. The molecule has 2 aromatic carbocycles. The van der Waals surface area contributed by atoms with E-state index in [2.05, 4.69) is 0 Å². The number of hydrogen-bond donors (Lipinski definition) is 1. The topological polar surface area (TPSA) is 72.6 Å². The zero-order valence-electron chi connectivity index (χ0n) is 12.9. The van der Waals surface area contributed by atoms with Gasteiger partial charge in [0.1, 0.15) is 11.8 Å². The lowest BCUT2D eigenvalue weighted by atomic mass is 10.1. The predicted molar refractivity (Wildman–Crippen MR) is 87.5 cm³/mol. The van der Waals surface area contributed by atoms with E-state index in [4.69, 9.17) is 10.5 Å². The van der Waals surface area contributed by atoms with Crippen molar-refractivity contribution in [3.63, 3.8) is 0 Å². The summed E-state index contributed by atoms with van der Waals surface area (Å²) in [6, 6.07) is 13.8. The molecule has 0 unspecified atom stereocenters. The van der Waals surface area contributed by atoms with E-state index in [1.165, 1.54) is 4.90 Å². The van der Waals surface area contributed by atoms with E-state index in [1.54, 1.807) is 18.2 Å². The SMILES string of the molecule is CCOc1ccccc1C(=O)N1c2ccccc2C[C@@H]1C(N)=O. The lowest BCUT2D eigenvalue weighted by Crippen LogP contribution is -2.46. The first-order chi connectivity index (χ1) is 11.1. The van der Waals surface area contributed by atoms with Gasteiger partial charge in [0.2, 0.25) is 5.91 Å². The molecule has 1 heterocycles. The Bertz CT molecular complexity index is 757. The maximum absolute atomic E-state index is 13.1. The average molecular weight is 310 g/mol. The van der Waals surface area contributed by atoms with Crippen LogP contribution in [-0.2, 0) is 11.2 Å². The predicted octanol–water partition coefficient (Wildman–Crippen LogP) is 2.14. The lowest BCUT2D eigenvalue weighted by molar-refractivity contribution is -0.119. The van der Waals surface area contributed by atoms with E-state index >= 15 is 0 Å². The number of ether oxygens (including phenoxy) is 1. The monoisotopic (exact) mass is 310 g/mol. The molecule has 0 spiro atoms. The fourth-order valence-corrected chi connectivity index (χ4v) is 2.92. The van der Waals surface area contributed by atoms with Gasteiger partial charge in [-0.05, 0) is 30.7 Å². The quantitative estimate of drug-likeness (QED) is 0.940. The normalized spacial score (nSPS) is 16.0. The first-order valence-electron chi connectivity index (χ1n) is 7.56. The van der Waals surface area contributed by atoms with Gasteiger partial charge >= 0.3 is 0 Å². The molecule has 23 heavy (non-hydrogen) atoms. The number of rotatable bonds is 4. The molecule has 0 aliphatic carbocycles. The van der Waals surface area contributed by atoms with Crippen molar-refractivity contribution in [2.75, 3.05) is 11.5 Å². The van der Waals surface area contributed by atoms with Crippen LogP contribution in [0.5, 0.6) is 5.75 Å². The van der Waals surface area contributed by atoms with Crippen LogP contribution in [0.3, 0.4) is 0 Å². The van der Waals surface area contributed by atoms with Gasteiger partial charge in [0.05, 0.1) is 12.2 Å². The Morgan fingerprint density at radius 3 is 2.61 bits per heavy atom. The van der Waals surface area contributed by atoms with E-state index in [0.717, 1.165) is 11.3 Å². The minimum Gasteiger partial charge on any atom is -0.493 e. The number of benzene rings is 2. The molecule has 2 amide bonds. The maximum atomic E-state index is 13.1. The van der Waals surface area contributed by atoms with Crippen molar-refractivity contribution < 1.29 is 14.3 Å². The molecule has 3 rings (SSSR count). The Morgan fingerprint density at radius 1 is 1.17 bits per heavy atom. The highest BCUT2D eigenvalue weighted by Gasteiger charge is 2.38. The second-order valence-corrected chi connectivity index (χ2v) is 5.36. The standard InChI is InChI=1S/C18H18N2O3/c1-2-23-16-10-6-4-8-13(16)18(22)20-14-9-5-3-7-12(14)11-15(20)17(19)21/h3-10,15H,2,11H2,1H3,(H2,19,21)/t15-/m1/s1. The van der Waals surface area contributed by atoms with E-state index in [-0.39, 0.29) is 5.91 Å². The third-order valence-electron chi connectivity index (χ3n) is 3.94. The summed E-state index contributed by atoms with van der Waals surface area (Å²) in [7, 11) is 0. The zero-order valence-corrected chi connectivity index (χ0v) is 12.9. The number of anilines is 1. The van der Waals surface area contributed by atoms with Gasteiger partial charge in [-0.15, -0.1) is 0 Å². The molecule has 1 aliphatic heterocycles. The number of carbonyl (C=O) groups excluding carboxylic acids is 2.